The minimum atomic E-state index is -0.456. The number of fused-ring (bicyclic) bond motifs is 1. The first-order chi connectivity index (χ1) is 15.1. The number of thiophene rings is 1. The van der Waals surface area contributed by atoms with Crippen LogP contribution in [0.4, 0.5) is 0 Å². The van der Waals surface area contributed by atoms with E-state index >= 15 is 0 Å². The second kappa shape index (κ2) is 7.98. The molecule has 154 valence electrons. The molecular weight excluding hydrogens is 436 g/mol. The van der Waals surface area contributed by atoms with Crippen molar-refractivity contribution in [2.45, 2.75) is 13.5 Å². The van der Waals surface area contributed by atoms with Crippen molar-refractivity contribution in [3.05, 3.63) is 82.1 Å². The van der Waals surface area contributed by atoms with Gasteiger partial charge in [-0.1, -0.05) is 29.8 Å². The first-order valence-corrected chi connectivity index (χ1v) is 10.6. The summed E-state index contributed by atoms with van der Waals surface area (Å²) < 4.78 is 12.8. The summed E-state index contributed by atoms with van der Waals surface area (Å²) in [6.45, 7) is 1.80. The van der Waals surface area contributed by atoms with Gasteiger partial charge in [0, 0.05) is 16.0 Å². The van der Waals surface area contributed by atoms with Crippen molar-refractivity contribution < 1.29 is 13.9 Å². The average Bonchev–Trinajstić information content (AvgIpc) is 3.50. The number of benzene rings is 2. The van der Waals surface area contributed by atoms with Gasteiger partial charge in [0.05, 0.1) is 11.4 Å². The number of hydrogen-bond acceptors (Lipinski definition) is 7. The second-order valence-electron chi connectivity index (χ2n) is 6.75. The Kier molecular flexibility index (Phi) is 5.01. The molecule has 0 aliphatic rings. The molecular formula is C22H15ClN4O3S. The quantitative estimate of drug-likeness (QED) is 0.331. The maximum atomic E-state index is 12.6. The normalized spacial score (nSPS) is 11.2. The Morgan fingerprint density at radius 2 is 1.90 bits per heavy atom. The summed E-state index contributed by atoms with van der Waals surface area (Å²) >= 11 is 7.30. The number of rotatable bonds is 5. The van der Waals surface area contributed by atoms with E-state index in [0.717, 1.165) is 27.2 Å². The molecule has 0 amide bonds. The van der Waals surface area contributed by atoms with Gasteiger partial charge in [0.2, 0.25) is 5.89 Å². The SMILES string of the molecule is Cc1nn(-c2ccc(Cl)cc2)c2sc(C(=O)OCc3nnc(-c4ccccc4)o3)cc12. The highest BCUT2D eigenvalue weighted by molar-refractivity contribution is 7.20. The third kappa shape index (κ3) is 3.83. The van der Waals surface area contributed by atoms with Crippen LogP contribution >= 0.6 is 22.9 Å². The van der Waals surface area contributed by atoms with E-state index in [1.807, 2.05) is 49.4 Å². The summed E-state index contributed by atoms with van der Waals surface area (Å²) in [6.07, 6.45) is 0. The molecule has 0 fully saturated rings. The van der Waals surface area contributed by atoms with Crippen LogP contribution < -0.4 is 0 Å². The largest absolute Gasteiger partial charge is 0.451 e. The molecule has 0 N–H and O–H groups in total. The van der Waals surface area contributed by atoms with Crippen LogP contribution in [-0.4, -0.2) is 25.9 Å². The van der Waals surface area contributed by atoms with Gasteiger partial charge in [-0.2, -0.15) is 5.10 Å². The Morgan fingerprint density at radius 3 is 2.68 bits per heavy atom. The van der Waals surface area contributed by atoms with Crippen LogP contribution in [-0.2, 0) is 11.3 Å². The van der Waals surface area contributed by atoms with Gasteiger partial charge < -0.3 is 9.15 Å². The fourth-order valence-corrected chi connectivity index (χ4v) is 4.32. The Morgan fingerprint density at radius 1 is 1.13 bits per heavy atom. The monoisotopic (exact) mass is 450 g/mol. The third-order valence-corrected chi connectivity index (χ3v) is 5.97. The standard InChI is InChI=1S/C22H15ClN4O3S/c1-13-17-11-18(31-21(17)27(26-13)16-9-7-15(23)8-10-16)22(28)29-12-19-24-25-20(30-19)14-5-3-2-4-6-14/h2-11H,12H2,1H3. The lowest BCUT2D eigenvalue weighted by atomic mass is 10.2. The van der Waals surface area contributed by atoms with E-state index < -0.39 is 5.97 Å². The first-order valence-electron chi connectivity index (χ1n) is 9.38. The molecule has 5 rings (SSSR count). The summed E-state index contributed by atoms with van der Waals surface area (Å²) in [5.41, 5.74) is 2.49. The number of esters is 1. The van der Waals surface area contributed by atoms with Gasteiger partial charge >= 0.3 is 5.97 Å². The third-order valence-electron chi connectivity index (χ3n) is 4.63. The van der Waals surface area contributed by atoms with Crippen molar-refractivity contribution in [1.29, 1.82) is 0 Å². The molecule has 2 aromatic carbocycles. The zero-order valence-electron chi connectivity index (χ0n) is 16.3. The van der Waals surface area contributed by atoms with Crippen LogP contribution in [0, 0.1) is 6.92 Å². The molecule has 5 aromatic rings. The number of carbonyl (C=O) groups excluding carboxylic acids is 1. The Hall–Kier alpha value is -3.49. The Labute approximate surface area is 185 Å². The zero-order valence-corrected chi connectivity index (χ0v) is 17.9. The van der Waals surface area contributed by atoms with Crippen LogP contribution in [0.15, 0.2) is 65.1 Å². The number of ether oxygens (including phenoxy) is 1. The number of aromatic nitrogens is 4. The molecule has 0 atom stereocenters. The van der Waals surface area contributed by atoms with Gasteiger partial charge in [-0.05, 0) is 49.4 Å². The summed E-state index contributed by atoms with van der Waals surface area (Å²) in [5, 5.41) is 14.1. The summed E-state index contributed by atoms with van der Waals surface area (Å²) in [5.74, 6) is 0.159. The van der Waals surface area contributed by atoms with E-state index in [1.54, 1.807) is 22.9 Å². The lowest BCUT2D eigenvalue weighted by molar-refractivity contribution is 0.0444. The topological polar surface area (TPSA) is 83.0 Å². The molecule has 9 heteroatoms. The molecule has 31 heavy (non-hydrogen) atoms. The van der Waals surface area contributed by atoms with Crippen molar-refractivity contribution >= 4 is 39.1 Å². The highest BCUT2D eigenvalue weighted by Gasteiger charge is 2.19. The van der Waals surface area contributed by atoms with Gasteiger partial charge in [-0.3, -0.25) is 0 Å². The van der Waals surface area contributed by atoms with Crippen molar-refractivity contribution in [3.63, 3.8) is 0 Å². The van der Waals surface area contributed by atoms with Gasteiger partial charge in [0.1, 0.15) is 9.71 Å². The number of halogens is 1. The molecule has 0 unspecified atom stereocenters. The molecule has 0 saturated heterocycles. The fourth-order valence-electron chi connectivity index (χ4n) is 3.11. The van der Waals surface area contributed by atoms with Crippen molar-refractivity contribution in [3.8, 4) is 17.1 Å². The maximum Gasteiger partial charge on any atom is 0.348 e. The van der Waals surface area contributed by atoms with E-state index in [0.29, 0.717) is 15.8 Å². The van der Waals surface area contributed by atoms with Gasteiger partial charge in [-0.25, -0.2) is 9.48 Å². The fraction of sp³-hybridized carbons (Fsp3) is 0.0909. The highest BCUT2D eigenvalue weighted by Crippen LogP contribution is 2.31. The predicted octanol–water partition coefficient (Wildman–Crippen LogP) is 5.46. The summed E-state index contributed by atoms with van der Waals surface area (Å²) in [7, 11) is 0. The smallest absolute Gasteiger partial charge is 0.348 e. The molecule has 0 aliphatic carbocycles. The molecule has 0 spiro atoms. The predicted molar refractivity (Wildman–Crippen MR) is 118 cm³/mol. The number of aryl methyl sites for hydroxylation is 1. The van der Waals surface area contributed by atoms with Crippen LogP contribution in [0.2, 0.25) is 5.02 Å². The zero-order chi connectivity index (χ0) is 21.4. The van der Waals surface area contributed by atoms with Gasteiger partial charge in [0.15, 0.2) is 6.61 Å². The Balaban J connectivity index is 1.34. The van der Waals surface area contributed by atoms with Crippen molar-refractivity contribution in [1.82, 2.24) is 20.0 Å². The highest BCUT2D eigenvalue weighted by atomic mass is 35.5. The molecule has 0 radical (unpaired) electrons. The van der Waals surface area contributed by atoms with Crippen LogP contribution in [0.25, 0.3) is 27.4 Å². The molecule has 3 heterocycles. The first kappa shape index (κ1) is 19.5. The van der Waals surface area contributed by atoms with Crippen LogP contribution in [0.5, 0.6) is 0 Å². The number of carbonyl (C=O) groups is 1. The molecule has 0 saturated carbocycles. The van der Waals surface area contributed by atoms with Crippen LogP contribution in [0.3, 0.4) is 0 Å². The second-order valence-corrected chi connectivity index (χ2v) is 8.21. The molecule has 7 nitrogen and oxygen atoms in total. The van der Waals surface area contributed by atoms with E-state index in [2.05, 4.69) is 15.3 Å². The summed E-state index contributed by atoms with van der Waals surface area (Å²) in [4.78, 5) is 13.9. The van der Waals surface area contributed by atoms with E-state index in [4.69, 9.17) is 20.8 Å². The molecule has 0 aliphatic heterocycles. The van der Waals surface area contributed by atoms with Gasteiger partial charge in [-0.15, -0.1) is 21.5 Å². The minimum absolute atomic E-state index is 0.102. The van der Waals surface area contributed by atoms with Crippen molar-refractivity contribution in [2.75, 3.05) is 0 Å². The lowest BCUT2D eigenvalue weighted by Crippen LogP contribution is -2.03. The van der Waals surface area contributed by atoms with E-state index in [9.17, 15) is 4.79 Å². The maximum absolute atomic E-state index is 12.6. The average molecular weight is 451 g/mol. The minimum Gasteiger partial charge on any atom is -0.451 e. The Bertz CT molecular complexity index is 1370. The summed E-state index contributed by atoms with van der Waals surface area (Å²) in [6, 6.07) is 18.6. The van der Waals surface area contributed by atoms with Gasteiger partial charge in [0.25, 0.3) is 5.89 Å². The van der Waals surface area contributed by atoms with Crippen molar-refractivity contribution in [2.24, 2.45) is 0 Å². The van der Waals surface area contributed by atoms with E-state index in [1.165, 1.54) is 11.3 Å². The number of hydrogen-bond donors (Lipinski definition) is 0. The molecule has 0 bridgehead atoms. The number of nitrogens with zero attached hydrogens (tertiary/aromatic N) is 4. The molecule has 3 aromatic heterocycles. The lowest BCUT2D eigenvalue weighted by Gasteiger charge is -2.02. The van der Waals surface area contributed by atoms with E-state index in [-0.39, 0.29) is 12.5 Å². The van der Waals surface area contributed by atoms with Crippen LogP contribution in [0.1, 0.15) is 21.3 Å².